The zero-order valence-corrected chi connectivity index (χ0v) is 18.2. The van der Waals surface area contributed by atoms with Gasteiger partial charge in [0.1, 0.15) is 18.1 Å². The number of aryl methyl sites for hydroxylation is 1. The summed E-state index contributed by atoms with van der Waals surface area (Å²) in [5, 5.41) is 3.09. The lowest BCUT2D eigenvalue weighted by atomic mass is 10.2. The molecule has 0 bridgehead atoms. The summed E-state index contributed by atoms with van der Waals surface area (Å²) in [6.45, 7) is 1.54. The van der Waals surface area contributed by atoms with E-state index in [-0.39, 0.29) is 13.1 Å². The van der Waals surface area contributed by atoms with Crippen LogP contribution < -0.4 is 21.3 Å². The number of rotatable bonds is 6. The van der Waals surface area contributed by atoms with Crippen LogP contribution in [0.5, 0.6) is 5.75 Å². The van der Waals surface area contributed by atoms with Gasteiger partial charge in [0.15, 0.2) is 0 Å². The van der Waals surface area contributed by atoms with Crippen LogP contribution in [-0.4, -0.2) is 22.2 Å². The van der Waals surface area contributed by atoms with Gasteiger partial charge < -0.3 is 10.1 Å². The van der Waals surface area contributed by atoms with Gasteiger partial charge in [-0.2, -0.15) is 0 Å². The van der Waals surface area contributed by atoms with Gasteiger partial charge >= 0.3 is 5.69 Å². The van der Waals surface area contributed by atoms with Crippen molar-refractivity contribution in [1.82, 2.24) is 9.13 Å². The molecule has 3 aromatic carbocycles. The highest BCUT2D eigenvalue weighted by Gasteiger charge is 2.16. The van der Waals surface area contributed by atoms with Crippen molar-refractivity contribution in [2.75, 3.05) is 12.4 Å². The molecule has 4 rings (SSSR count). The predicted octanol–water partition coefficient (Wildman–Crippen LogP) is 3.31. The van der Waals surface area contributed by atoms with E-state index in [1.807, 2.05) is 13.0 Å². The molecule has 0 spiro atoms. The van der Waals surface area contributed by atoms with Crippen LogP contribution in [0.3, 0.4) is 0 Å². The van der Waals surface area contributed by atoms with Gasteiger partial charge in [0.2, 0.25) is 5.91 Å². The van der Waals surface area contributed by atoms with Crippen LogP contribution in [0.4, 0.5) is 10.1 Å². The lowest BCUT2D eigenvalue weighted by Gasteiger charge is -2.15. The Morgan fingerprint density at radius 3 is 2.45 bits per heavy atom. The minimum absolute atomic E-state index is 0.0455. The van der Waals surface area contributed by atoms with Crippen LogP contribution in [0.2, 0.25) is 0 Å². The summed E-state index contributed by atoms with van der Waals surface area (Å²) >= 11 is 0. The number of para-hydroxylation sites is 1. The zero-order valence-electron chi connectivity index (χ0n) is 18.2. The molecular weight excluding hydrogens is 425 g/mol. The van der Waals surface area contributed by atoms with Gasteiger partial charge in [-0.1, -0.05) is 30.3 Å². The summed E-state index contributed by atoms with van der Waals surface area (Å²) in [7, 11) is 1.50. The Morgan fingerprint density at radius 2 is 1.73 bits per heavy atom. The number of halogens is 1. The van der Waals surface area contributed by atoms with Gasteiger partial charge in [-0.3, -0.25) is 18.7 Å². The van der Waals surface area contributed by atoms with Gasteiger partial charge in [-0.05, 0) is 54.4 Å². The topological polar surface area (TPSA) is 82.3 Å². The maximum absolute atomic E-state index is 13.3. The second kappa shape index (κ2) is 9.12. The average molecular weight is 447 g/mol. The first kappa shape index (κ1) is 22.0. The summed E-state index contributed by atoms with van der Waals surface area (Å²) in [5.41, 5.74) is 1.26. The fraction of sp³-hybridized carbons (Fsp3) is 0.160. The smallest absolute Gasteiger partial charge is 0.332 e. The monoisotopic (exact) mass is 447 g/mol. The van der Waals surface area contributed by atoms with Gasteiger partial charge in [-0.15, -0.1) is 0 Å². The van der Waals surface area contributed by atoms with Crippen molar-refractivity contribution in [3.63, 3.8) is 0 Å². The van der Waals surface area contributed by atoms with Gasteiger partial charge in [0.25, 0.3) is 5.56 Å². The number of methoxy groups -OCH3 is 1. The number of fused-ring (bicyclic) bond motifs is 1. The van der Waals surface area contributed by atoms with Crippen molar-refractivity contribution in [3.05, 3.63) is 105 Å². The van der Waals surface area contributed by atoms with E-state index in [0.29, 0.717) is 27.9 Å². The van der Waals surface area contributed by atoms with E-state index in [2.05, 4.69) is 5.32 Å². The van der Waals surface area contributed by atoms with Gasteiger partial charge in [0.05, 0.1) is 30.2 Å². The standard InChI is InChI=1S/C25H22FN3O4/c1-16-7-12-22(33-2)20(13-16)27-23(30)15-28-21-6-4-3-5-19(21)24(31)29(25(28)32)14-17-8-10-18(26)11-9-17/h3-13H,14-15H2,1-2H3,(H,27,30). The van der Waals surface area contributed by atoms with E-state index in [0.717, 1.165) is 10.1 Å². The number of nitrogens with zero attached hydrogens (tertiary/aromatic N) is 2. The molecular formula is C25H22FN3O4. The molecule has 1 heterocycles. The number of anilines is 1. The maximum Gasteiger partial charge on any atom is 0.332 e. The molecule has 0 unspecified atom stereocenters. The fourth-order valence-electron chi connectivity index (χ4n) is 3.69. The predicted molar refractivity (Wildman–Crippen MR) is 124 cm³/mol. The molecule has 33 heavy (non-hydrogen) atoms. The first-order chi connectivity index (χ1) is 15.9. The minimum Gasteiger partial charge on any atom is -0.495 e. The Bertz CT molecular complexity index is 1460. The van der Waals surface area contributed by atoms with Crippen LogP contribution in [0.1, 0.15) is 11.1 Å². The quantitative estimate of drug-likeness (QED) is 0.492. The fourth-order valence-corrected chi connectivity index (χ4v) is 3.69. The van der Waals surface area contributed by atoms with E-state index in [9.17, 15) is 18.8 Å². The molecule has 0 fully saturated rings. The number of hydrogen-bond donors (Lipinski definition) is 1. The van der Waals surface area contributed by atoms with Crippen LogP contribution >= 0.6 is 0 Å². The zero-order chi connectivity index (χ0) is 23.5. The van der Waals surface area contributed by atoms with Gasteiger partial charge in [-0.25, -0.2) is 9.18 Å². The lowest BCUT2D eigenvalue weighted by Crippen LogP contribution is -2.42. The molecule has 0 saturated heterocycles. The van der Waals surface area contributed by atoms with Crippen molar-refractivity contribution in [2.45, 2.75) is 20.0 Å². The summed E-state index contributed by atoms with van der Waals surface area (Å²) in [6, 6.07) is 17.6. The molecule has 168 valence electrons. The van der Waals surface area contributed by atoms with Crippen LogP contribution in [-0.2, 0) is 17.9 Å². The molecule has 1 aromatic heterocycles. The summed E-state index contributed by atoms with van der Waals surface area (Å²) < 4.78 is 20.9. The molecule has 1 N–H and O–H groups in total. The third-order valence-electron chi connectivity index (χ3n) is 5.32. The van der Waals surface area contributed by atoms with E-state index >= 15 is 0 Å². The summed E-state index contributed by atoms with van der Waals surface area (Å²) in [4.78, 5) is 39.2. The molecule has 7 nitrogen and oxygen atoms in total. The number of amides is 1. The number of carbonyl (C=O) groups is 1. The Kier molecular flexibility index (Phi) is 6.08. The third kappa shape index (κ3) is 4.55. The normalized spacial score (nSPS) is 10.9. The molecule has 0 aliphatic heterocycles. The highest BCUT2D eigenvalue weighted by Crippen LogP contribution is 2.25. The Hall–Kier alpha value is -4.20. The van der Waals surface area contributed by atoms with Crippen LogP contribution in [0.25, 0.3) is 10.9 Å². The molecule has 8 heteroatoms. The van der Waals surface area contributed by atoms with E-state index < -0.39 is 23.0 Å². The lowest BCUT2D eigenvalue weighted by molar-refractivity contribution is -0.116. The van der Waals surface area contributed by atoms with Crippen LogP contribution in [0, 0.1) is 12.7 Å². The molecule has 0 radical (unpaired) electrons. The Balaban J connectivity index is 1.75. The maximum atomic E-state index is 13.3. The van der Waals surface area contributed by atoms with E-state index in [1.54, 1.807) is 36.4 Å². The molecule has 4 aromatic rings. The number of ether oxygens (including phenoxy) is 1. The summed E-state index contributed by atoms with van der Waals surface area (Å²) in [6.07, 6.45) is 0. The van der Waals surface area contributed by atoms with Crippen molar-refractivity contribution in [1.29, 1.82) is 0 Å². The number of carbonyl (C=O) groups excluding carboxylic acids is 1. The summed E-state index contributed by atoms with van der Waals surface area (Å²) in [5.74, 6) is -0.365. The number of aromatic nitrogens is 2. The third-order valence-corrected chi connectivity index (χ3v) is 5.32. The van der Waals surface area contributed by atoms with Crippen molar-refractivity contribution < 1.29 is 13.9 Å². The number of benzene rings is 3. The molecule has 0 atom stereocenters. The largest absolute Gasteiger partial charge is 0.495 e. The molecule has 1 amide bonds. The first-order valence-corrected chi connectivity index (χ1v) is 10.3. The minimum atomic E-state index is -0.630. The highest BCUT2D eigenvalue weighted by molar-refractivity contribution is 5.93. The molecule has 0 saturated carbocycles. The van der Waals surface area contributed by atoms with Crippen LogP contribution in [0.15, 0.2) is 76.3 Å². The van der Waals surface area contributed by atoms with Crippen molar-refractivity contribution in [3.8, 4) is 5.75 Å². The van der Waals surface area contributed by atoms with Crippen molar-refractivity contribution >= 4 is 22.5 Å². The SMILES string of the molecule is COc1ccc(C)cc1NC(=O)Cn1c(=O)n(Cc2ccc(F)cc2)c(=O)c2ccccc21. The average Bonchev–Trinajstić information content (AvgIpc) is 2.81. The van der Waals surface area contributed by atoms with E-state index in [4.69, 9.17) is 4.74 Å². The number of nitrogens with one attached hydrogen (secondary N) is 1. The van der Waals surface area contributed by atoms with E-state index in [1.165, 1.54) is 35.9 Å². The van der Waals surface area contributed by atoms with Gasteiger partial charge in [0, 0.05) is 0 Å². The molecule has 0 aliphatic carbocycles. The van der Waals surface area contributed by atoms with Crippen molar-refractivity contribution in [2.24, 2.45) is 0 Å². The molecule has 0 aliphatic rings. The second-order valence-electron chi connectivity index (χ2n) is 7.66. The Morgan fingerprint density at radius 1 is 1.00 bits per heavy atom. The first-order valence-electron chi connectivity index (χ1n) is 10.3. The second-order valence-corrected chi connectivity index (χ2v) is 7.66. The Labute approximate surface area is 188 Å². The number of hydrogen-bond acceptors (Lipinski definition) is 4. The highest BCUT2D eigenvalue weighted by atomic mass is 19.1.